The minimum atomic E-state index is -0.476. The molecule has 2 aromatic rings. The molecular weight excluding hydrogens is 384 g/mol. The van der Waals surface area contributed by atoms with Gasteiger partial charge in [0.1, 0.15) is 14.5 Å². The van der Waals surface area contributed by atoms with Gasteiger partial charge in [0.15, 0.2) is 0 Å². The van der Waals surface area contributed by atoms with Crippen molar-refractivity contribution in [3.8, 4) is 6.07 Å². The average Bonchev–Trinajstić information content (AvgIpc) is 2.41. The van der Waals surface area contributed by atoms with Crippen LogP contribution in [-0.2, 0) is 6.54 Å². The van der Waals surface area contributed by atoms with Gasteiger partial charge >= 0.3 is 0 Å². The van der Waals surface area contributed by atoms with E-state index in [0.717, 1.165) is 0 Å². The number of aromatic nitrogens is 2. The molecule has 96 valence electrons. The summed E-state index contributed by atoms with van der Waals surface area (Å²) in [5, 5.41) is 8.90. The second kappa shape index (κ2) is 5.67. The molecule has 2 rings (SSSR count). The molecule has 1 aromatic heterocycles. The summed E-state index contributed by atoms with van der Waals surface area (Å²) in [5.74, 6) is -0.476. The molecule has 1 heterocycles. The summed E-state index contributed by atoms with van der Waals surface area (Å²) >= 11 is 7.50. The molecule has 0 bridgehead atoms. The second-order valence-electron chi connectivity index (χ2n) is 3.70. The summed E-state index contributed by atoms with van der Waals surface area (Å²) in [6.45, 7) is 0.000354. The fourth-order valence-electron chi connectivity index (χ4n) is 1.51. The van der Waals surface area contributed by atoms with Crippen molar-refractivity contribution < 1.29 is 4.39 Å². The molecule has 0 atom stereocenters. The van der Waals surface area contributed by atoms with Crippen molar-refractivity contribution in [1.82, 2.24) is 9.55 Å². The Morgan fingerprint density at radius 2 is 2.26 bits per heavy atom. The maximum atomic E-state index is 13.6. The summed E-state index contributed by atoms with van der Waals surface area (Å²) in [6, 6.07) is 5.91. The number of rotatable bonds is 2. The van der Waals surface area contributed by atoms with Gasteiger partial charge in [-0.1, -0.05) is 11.6 Å². The summed E-state index contributed by atoms with van der Waals surface area (Å²) in [4.78, 5) is 15.7. The fourth-order valence-corrected chi connectivity index (χ4v) is 2.08. The fraction of sp³-hybridized carbons (Fsp3) is 0.0833. The van der Waals surface area contributed by atoms with Gasteiger partial charge in [-0.25, -0.2) is 9.37 Å². The van der Waals surface area contributed by atoms with E-state index in [1.165, 1.54) is 29.1 Å². The van der Waals surface area contributed by atoms with Gasteiger partial charge in [0.2, 0.25) is 0 Å². The van der Waals surface area contributed by atoms with E-state index >= 15 is 0 Å². The molecule has 4 nitrogen and oxygen atoms in total. The zero-order valence-electron chi connectivity index (χ0n) is 9.40. The molecule has 0 saturated carbocycles. The van der Waals surface area contributed by atoms with Crippen LogP contribution in [0.1, 0.15) is 11.1 Å². The third kappa shape index (κ3) is 2.93. The Hall–Kier alpha value is -1.46. The van der Waals surface area contributed by atoms with E-state index in [4.69, 9.17) is 16.9 Å². The lowest BCUT2D eigenvalue weighted by Gasteiger charge is -2.07. The second-order valence-corrected chi connectivity index (χ2v) is 5.14. The van der Waals surface area contributed by atoms with E-state index in [2.05, 4.69) is 4.98 Å². The van der Waals surface area contributed by atoms with Crippen molar-refractivity contribution in [2.24, 2.45) is 0 Å². The van der Waals surface area contributed by atoms with E-state index in [9.17, 15) is 9.18 Å². The highest BCUT2D eigenvalue weighted by Crippen LogP contribution is 2.13. The Labute approximate surface area is 126 Å². The first-order valence-corrected chi connectivity index (χ1v) is 6.57. The highest BCUT2D eigenvalue weighted by molar-refractivity contribution is 14.1. The number of hydrogen-bond donors (Lipinski definition) is 0. The number of hydrogen-bond acceptors (Lipinski definition) is 3. The molecule has 0 unspecified atom stereocenters. The van der Waals surface area contributed by atoms with Crippen LogP contribution in [0.4, 0.5) is 4.39 Å². The first-order valence-electron chi connectivity index (χ1n) is 5.12. The lowest BCUT2D eigenvalue weighted by Crippen LogP contribution is -2.24. The molecule has 1 aromatic carbocycles. The molecule has 0 fully saturated rings. The van der Waals surface area contributed by atoms with Crippen LogP contribution in [0.25, 0.3) is 0 Å². The van der Waals surface area contributed by atoms with E-state index in [0.29, 0.717) is 5.56 Å². The van der Waals surface area contributed by atoms with Crippen LogP contribution in [0.2, 0.25) is 5.15 Å². The highest BCUT2D eigenvalue weighted by Gasteiger charge is 2.10. The van der Waals surface area contributed by atoms with Gasteiger partial charge in [-0.3, -0.25) is 9.36 Å². The summed E-state index contributed by atoms with van der Waals surface area (Å²) in [6.07, 6.45) is 1.26. The number of nitriles is 1. The van der Waals surface area contributed by atoms with E-state index < -0.39 is 5.82 Å². The molecule has 19 heavy (non-hydrogen) atoms. The molecule has 0 saturated heterocycles. The molecule has 0 radical (unpaired) electrons. The lowest BCUT2D eigenvalue weighted by atomic mass is 10.1. The average molecular weight is 390 g/mol. The van der Waals surface area contributed by atoms with Gasteiger partial charge in [0.05, 0.1) is 24.5 Å². The molecule has 0 amide bonds. The minimum absolute atomic E-state index is 0.000354. The molecule has 0 N–H and O–H groups in total. The Bertz CT molecular complexity index is 739. The molecule has 0 aliphatic carbocycles. The first kappa shape index (κ1) is 14.0. The zero-order valence-corrected chi connectivity index (χ0v) is 12.3. The standard InChI is InChI=1S/C12H6ClFIN3O/c13-11-10(15)12(19)18(6-17-11)5-8-3-7(4-16)1-2-9(8)14/h1-3,6H,5H2. The predicted molar refractivity (Wildman–Crippen MR) is 76.4 cm³/mol. The minimum Gasteiger partial charge on any atom is -0.294 e. The molecule has 0 aliphatic rings. The van der Waals surface area contributed by atoms with Crippen molar-refractivity contribution in [2.45, 2.75) is 6.54 Å². The topological polar surface area (TPSA) is 58.7 Å². The van der Waals surface area contributed by atoms with Crippen LogP contribution in [0, 0.1) is 20.7 Å². The van der Waals surface area contributed by atoms with Crippen molar-refractivity contribution >= 4 is 34.2 Å². The molecular formula is C12H6ClFIN3O. The van der Waals surface area contributed by atoms with Crippen molar-refractivity contribution in [2.75, 3.05) is 0 Å². The maximum absolute atomic E-state index is 13.6. The summed E-state index contributed by atoms with van der Waals surface area (Å²) in [7, 11) is 0. The normalized spacial score (nSPS) is 10.2. The lowest BCUT2D eigenvalue weighted by molar-refractivity contribution is 0.593. The SMILES string of the molecule is N#Cc1ccc(F)c(Cn2cnc(Cl)c(I)c2=O)c1. The summed E-state index contributed by atoms with van der Waals surface area (Å²) in [5.41, 5.74) is 0.240. The van der Waals surface area contributed by atoms with Crippen LogP contribution in [0.5, 0.6) is 0 Å². The summed E-state index contributed by atoms with van der Waals surface area (Å²) < 4.78 is 15.1. The number of nitrogens with zero attached hydrogens (tertiary/aromatic N) is 3. The maximum Gasteiger partial charge on any atom is 0.268 e. The monoisotopic (exact) mass is 389 g/mol. The Balaban J connectivity index is 2.45. The first-order chi connectivity index (χ1) is 9.02. The predicted octanol–water partition coefficient (Wildman–Crippen LogP) is 2.56. The van der Waals surface area contributed by atoms with Crippen LogP contribution >= 0.6 is 34.2 Å². The molecule has 0 spiro atoms. The van der Waals surface area contributed by atoms with E-state index in [-0.39, 0.29) is 26.4 Å². The number of halogens is 3. The van der Waals surface area contributed by atoms with Crippen LogP contribution in [-0.4, -0.2) is 9.55 Å². The van der Waals surface area contributed by atoms with Crippen molar-refractivity contribution in [3.05, 3.63) is 60.5 Å². The molecule has 0 aliphatic heterocycles. The smallest absolute Gasteiger partial charge is 0.268 e. The van der Waals surface area contributed by atoms with E-state index in [1.54, 1.807) is 22.6 Å². The van der Waals surface area contributed by atoms with E-state index in [1.807, 2.05) is 6.07 Å². The van der Waals surface area contributed by atoms with Gasteiger partial charge < -0.3 is 0 Å². The van der Waals surface area contributed by atoms with Crippen molar-refractivity contribution in [3.63, 3.8) is 0 Å². The zero-order chi connectivity index (χ0) is 14.0. The van der Waals surface area contributed by atoms with Crippen LogP contribution in [0.3, 0.4) is 0 Å². The van der Waals surface area contributed by atoms with Gasteiger partial charge in [0.25, 0.3) is 5.56 Å². The van der Waals surface area contributed by atoms with Crippen LogP contribution < -0.4 is 5.56 Å². The largest absolute Gasteiger partial charge is 0.294 e. The Morgan fingerprint density at radius 3 is 2.95 bits per heavy atom. The third-order valence-electron chi connectivity index (χ3n) is 2.46. The quantitative estimate of drug-likeness (QED) is 0.586. The van der Waals surface area contributed by atoms with Gasteiger partial charge in [-0.2, -0.15) is 5.26 Å². The van der Waals surface area contributed by atoms with Gasteiger partial charge in [-0.05, 0) is 40.8 Å². The third-order valence-corrected chi connectivity index (χ3v) is 4.03. The van der Waals surface area contributed by atoms with Gasteiger partial charge in [0, 0.05) is 5.56 Å². The van der Waals surface area contributed by atoms with Crippen molar-refractivity contribution in [1.29, 1.82) is 5.26 Å². The van der Waals surface area contributed by atoms with Crippen LogP contribution in [0.15, 0.2) is 29.3 Å². The highest BCUT2D eigenvalue weighted by atomic mass is 127. The Kier molecular flexibility index (Phi) is 4.17. The Morgan fingerprint density at radius 1 is 1.53 bits per heavy atom. The van der Waals surface area contributed by atoms with Gasteiger partial charge in [-0.15, -0.1) is 0 Å². The number of benzene rings is 1. The molecule has 7 heteroatoms.